The molecular formula is C20H28N4O3S2. The highest BCUT2D eigenvalue weighted by Gasteiger charge is 2.31. The first-order chi connectivity index (χ1) is 14.1. The molecule has 1 amide bonds. The predicted molar refractivity (Wildman–Crippen MR) is 113 cm³/mol. The summed E-state index contributed by atoms with van der Waals surface area (Å²) >= 11 is 1.02. The third-order valence-electron chi connectivity index (χ3n) is 6.19. The summed E-state index contributed by atoms with van der Waals surface area (Å²) in [6.45, 7) is 1.55. The Labute approximate surface area is 176 Å². The molecule has 2 heterocycles. The van der Waals surface area contributed by atoms with E-state index in [9.17, 15) is 13.2 Å². The molecule has 0 bridgehead atoms. The maximum atomic E-state index is 13.1. The maximum absolute atomic E-state index is 13.1. The van der Waals surface area contributed by atoms with Crippen LogP contribution in [0.3, 0.4) is 0 Å². The minimum absolute atomic E-state index is 0.156. The highest BCUT2D eigenvalue weighted by Crippen LogP contribution is 2.28. The molecule has 1 saturated carbocycles. The molecule has 158 valence electrons. The SMILES string of the molecule is O=C(CCCC1CCCCC1)N1CCN(S(=O)(=O)c2cccc3nsnc23)CC1. The highest BCUT2D eigenvalue weighted by atomic mass is 32.2. The van der Waals surface area contributed by atoms with Gasteiger partial charge in [0.25, 0.3) is 0 Å². The zero-order valence-corrected chi connectivity index (χ0v) is 18.3. The van der Waals surface area contributed by atoms with Crippen LogP contribution in [0.15, 0.2) is 23.1 Å². The molecule has 1 aromatic heterocycles. The fourth-order valence-corrected chi connectivity index (χ4v) is 6.66. The predicted octanol–water partition coefficient (Wildman–Crippen LogP) is 3.27. The molecule has 2 aromatic rings. The van der Waals surface area contributed by atoms with Gasteiger partial charge in [0, 0.05) is 32.6 Å². The number of amides is 1. The molecule has 2 fully saturated rings. The first-order valence-electron chi connectivity index (χ1n) is 10.5. The third kappa shape index (κ3) is 4.62. The summed E-state index contributed by atoms with van der Waals surface area (Å²) in [5.41, 5.74) is 1.03. The largest absolute Gasteiger partial charge is 0.340 e. The monoisotopic (exact) mass is 436 g/mol. The Kier molecular flexibility index (Phi) is 6.46. The van der Waals surface area contributed by atoms with Crippen molar-refractivity contribution in [3.8, 4) is 0 Å². The number of fused-ring (bicyclic) bond motifs is 1. The smallest absolute Gasteiger partial charge is 0.245 e. The summed E-state index contributed by atoms with van der Waals surface area (Å²) in [5, 5.41) is 0. The Morgan fingerprint density at radius 3 is 2.59 bits per heavy atom. The van der Waals surface area contributed by atoms with Gasteiger partial charge >= 0.3 is 0 Å². The molecule has 29 heavy (non-hydrogen) atoms. The second-order valence-electron chi connectivity index (χ2n) is 8.07. The van der Waals surface area contributed by atoms with Crippen molar-refractivity contribution in [2.45, 2.75) is 56.3 Å². The fourth-order valence-electron chi connectivity index (χ4n) is 4.48. The number of hydrogen-bond acceptors (Lipinski definition) is 6. The molecular weight excluding hydrogens is 408 g/mol. The number of hydrogen-bond donors (Lipinski definition) is 0. The van der Waals surface area contributed by atoms with Crippen LogP contribution in [0.1, 0.15) is 51.4 Å². The van der Waals surface area contributed by atoms with Gasteiger partial charge in [0.2, 0.25) is 15.9 Å². The zero-order chi connectivity index (χ0) is 20.3. The summed E-state index contributed by atoms with van der Waals surface area (Å²) in [4.78, 5) is 14.6. The Morgan fingerprint density at radius 2 is 1.83 bits per heavy atom. The number of aromatic nitrogens is 2. The van der Waals surface area contributed by atoms with E-state index in [1.54, 1.807) is 18.2 Å². The van der Waals surface area contributed by atoms with Crippen molar-refractivity contribution in [1.82, 2.24) is 18.0 Å². The average molecular weight is 437 g/mol. The normalized spacial score (nSPS) is 19.7. The highest BCUT2D eigenvalue weighted by molar-refractivity contribution is 7.89. The van der Waals surface area contributed by atoms with Crippen LogP contribution in [-0.2, 0) is 14.8 Å². The molecule has 0 radical (unpaired) electrons. The van der Waals surface area contributed by atoms with E-state index in [1.807, 2.05) is 4.90 Å². The Morgan fingerprint density at radius 1 is 1.07 bits per heavy atom. The van der Waals surface area contributed by atoms with Gasteiger partial charge in [-0.2, -0.15) is 13.1 Å². The number of nitrogens with zero attached hydrogens (tertiary/aromatic N) is 4. The first-order valence-corrected chi connectivity index (χ1v) is 12.7. The molecule has 1 saturated heterocycles. The van der Waals surface area contributed by atoms with Crippen molar-refractivity contribution in [1.29, 1.82) is 0 Å². The molecule has 0 spiro atoms. The maximum Gasteiger partial charge on any atom is 0.245 e. The average Bonchev–Trinajstić information content (AvgIpc) is 3.23. The van der Waals surface area contributed by atoms with E-state index in [4.69, 9.17) is 0 Å². The van der Waals surface area contributed by atoms with Gasteiger partial charge in [-0.15, -0.1) is 0 Å². The fraction of sp³-hybridized carbons (Fsp3) is 0.650. The van der Waals surface area contributed by atoms with Gasteiger partial charge in [0.1, 0.15) is 15.9 Å². The molecule has 4 rings (SSSR count). The number of benzene rings is 1. The number of rotatable bonds is 6. The summed E-state index contributed by atoms with van der Waals surface area (Å²) in [6.07, 6.45) is 9.31. The van der Waals surface area contributed by atoms with Crippen molar-refractivity contribution >= 4 is 38.7 Å². The second-order valence-corrected chi connectivity index (χ2v) is 10.5. The van der Waals surface area contributed by atoms with Crippen molar-refractivity contribution in [2.24, 2.45) is 5.92 Å². The van der Waals surface area contributed by atoms with Gasteiger partial charge in [0.05, 0.1) is 11.7 Å². The Balaban J connectivity index is 1.30. The van der Waals surface area contributed by atoms with Crippen LogP contribution in [0.5, 0.6) is 0 Å². The molecule has 0 unspecified atom stereocenters. The van der Waals surface area contributed by atoms with Crippen LogP contribution in [0.4, 0.5) is 0 Å². The second kappa shape index (κ2) is 9.06. The van der Waals surface area contributed by atoms with Crippen LogP contribution >= 0.6 is 11.7 Å². The summed E-state index contributed by atoms with van der Waals surface area (Å²) in [7, 11) is -3.64. The van der Waals surface area contributed by atoms with Gasteiger partial charge in [-0.05, 0) is 30.9 Å². The standard InChI is InChI=1S/C20H28N4O3S2/c25-19(11-4-8-16-6-2-1-3-7-16)23-12-14-24(15-13-23)29(26,27)18-10-5-9-17-20(18)22-28-21-17/h5,9-10,16H,1-4,6-8,11-15H2. The van der Waals surface area contributed by atoms with E-state index in [0.717, 1.165) is 30.5 Å². The molecule has 7 nitrogen and oxygen atoms in total. The minimum atomic E-state index is -3.64. The van der Waals surface area contributed by atoms with Crippen LogP contribution in [-0.4, -0.2) is 58.5 Å². The van der Waals surface area contributed by atoms with E-state index in [0.29, 0.717) is 43.6 Å². The van der Waals surface area contributed by atoms with Crippen LogP contribution in [0.2, 0.25) is 0 Å². The zero-order valence-electron chi connectivity index (χ0n) is 16.6. The van der Waals surface area contributed by atoms with E-state index in [2.05, 4.69) is 8.75 Å². The lowest BCUT2D eigenvalue weighted by molar-refractivity contribution is -0.132. The van der Waals surface area contributed by atoms with Crippen molar-refractivity contribution in [2.75, 3.05) is 26.2 Å². The first kappa shape index (κ1) is 20.7. The van der Waals surface area contributed by atoms with Crippen LogP contribution in [0.25, 0.3) is 11.0 Å². The van der Waals surface area contributed by atoms with Crippen molar-refractivity contribution < 1.29 is 13.2 Å². The van der Waals surface area contributed by atoms with E-state index in [-0.39, 0.29) is 10.8 Å². The van der Waals surface area contributed by atoms with Gasteiger partial charge in [-0.25, -0.2) is 8.42 Å². The third-order valence-corrected chi connectivity index (χ3v) is 8.66. The molecule has 2 aliphatic rings. The molecule has 1 aliphatic carbocycles. The van der Waals surface area contributed by atoms with E-state index >= 15 is 0 Å². The van der Waals surface area contributed by atoms with Gasteiger partial charge < -0.3 is 4.90 Å². The van der Waals surface area contributed by atoms with E-state index in [1.165, 1.54) is 36.4 Å². The molecule has 1 aromatic carbocycles. The Hall–Kier alpha value is -1.58. The molecule has 0 atom stereocenters. The van der Waals surface area contributed by atoms with Gasteiger partial charge in [-0.3, -0.25) is 4.79 Å². The van der Waals surface area contributed by atoms with Crippen LogP contribution in [0, 0.1) is 5.92 Å². The van der Waals surface area contributed by atoms with Crippen molar-refractivity contribution in [3.63, 3.8) is 0 Å². The summed E-state index contributed by atoms with van der Waals surface area (Å²) in [5.74, 6) is 0.949. The van der Waals surface area contributed by atoms with E-state index < -0.39 is 10.0 Å². The quantitative estimate of drug-likeness (QED) is 0.694. The van der Waals surface area contributed by atoms with Gasteiger partial charge in [0.15, 0.2) is 0 Å². The minimum Gasteiger partial charge on any atom is -0.340 e. The van der Waals surface area contributed by atoms with Crippen LogP contribution < -0.4 is 0 Å². The topological polar surface area (TPSA) is 83.5 Å². The van der Waals surface area contributed by atoms with Gasteiger partial charge in [-0.1, -0.05) is 38.2 Å². The number of piperazine rings is 1. The molecule has 1 aliphatic heterocycles. The lowest BCUT2D eigenvalue weighted by atomic mass is 9.86. The number of sulfonamides is 1. The van der Waals surface area contributed by atoms with Crippen molar-refractivity contribution in [3.05, 3.63) is 18.2 Å². The number of carbonyl (C=O) groups excluding carboxylic acids is 1. The molecule has 0 N–H and O–H groups in total. The summed E-state index contributed by atoms with van der Waals surface area (Å²) in [6, 6.07) is 5.05. The molecule has 9 heteroatoms. The number of carbonyl (C=O) groups is 1. The summed E-state index contributed by atoms with van der Waals surface area (Å²) < 4.78 is 35.9. The lowest BCUT2D eigenvalue weighted by Gasteiger charge is -2.34. The lowest BCUT2D eigenvalue weighted by Crippen LogP contribution is -2.50. The Bertz CT molecular complexity index is 946.